The molecule has 17 heavy (non-hydrogen) atoms. The summed E-state index contributed by atoms with van der Waals surface area (Å²) in [4.78, 5) is 0. The average molecular weight is 234 g/mol. The maximum absolute atomic E-state index is 9.15. The fourth-order valence-corrected chi connectivity index (χ4v) is 2.49. The minimum absolute atomic E-state index is 0.364. The fraction of sp³-hybridized carbons (Fsp3) is 0.600. The minimum Gasteiger partial charge on any atom is -0.491 e. The van der Waals surface area contributed by atoms with Gasteiger partial charge in [0, 0.05) is 0 Å². The van der Waals surface area contributed by atoms with Gasteiger partial charge >= 0.3 is 0 Å². The lowest BCUT2D eigenvalue weighted by Crippen LogP contribution is -2.12. The van der Waals surface area contributed by atoms with Crippen LogP contribution >= 0.6 is 0 Å². The van der Waals surface area contributed by atoms with E-state index in [1.54, 1.807) is 6.92 Å². The van der Waals surface area contributed by atoms with Gasteiger partial charge in [-0.1, -0.05) is 31.4 Å². The average Bonchev–Trinajstić information content (AvgIpc) is 2.38. The molecule has 1 aliphatic carbocycles. The van der Waals surface area contributed by atoms with Crippen LogP contribution in [0.15, 0.2) is 24.3 Å². The van der Waals surface area contributed by atoms with Crippen molar-refractivity contribution >= 4 is 0 Å². The summed E-state index contributed by atoms with van der Waals surface area (Å²) in [6, 6.07) is 8.39. The molecule has 2 nitrogen and oxygen atoms in total. The number of hydrogen-bond donors (Lipinski definition) is 1. The molecule has 1 atom stereocenters. The Morgan fingerprint density at radius 2 is 1.82 bits per heavy atom. The molecule has 1 fully saturated rings. The van der Waals surface area contributed by atoms with Crippen LogP contribution in [-0.4, -0.2) is 17.8 Å². The molecule has 94 valence electrons. The number of rotatable bonds is 4. The van der Waals surface area contributed by atoms with Gasteiger partial charge < -0.3 is 9.84 Å². The van der Waals surface area contributed by atoms with Crippen molar-refractivity contribution in [2.45, 2.75) is 51.0 Å². The van der Waals surface area contributed by atoms with Crippen molar-refractivity contribution in [1.29, 1.82) is 0 Å². The van der Waals surface area contributed by atoms with E-state index in [-0.39, 0.29) is 0 Å². The van der Waals surface area contributed by atoms with Crippen LogP contribution in [-0.2, 0) is 0 Å². The molecule has 1 saturated carbocycles. The predicted octanol–water partition coefficient (Wildman–Crippen LogP) is 3.49. The van der Waals surface area contributed by atoms with Gasteiger partial charge in [-0.05, 0) is 43.4 Å². The van der Waals surface area contributed by atoms with Crippen molar-refractivity contribution in [2.75, 3.05) is 6.61 Å². The fourth-order valence-electron chi connectivity index (χ4n) is 2.49. The van der Waals surface area contributed by atoms with Crippen LogP contribution in [0, 0.1) is 0 Å². The van der Waals surface area contributed by atoms with Gasteiger partial charge in [-0.15, -0.1) is 0 Å². The van der Waals surface area contributed by atoms with Gasteiger partial charge in [-0.3, -0.25) is 0 Å². The Labute approximate surface area is 104 Å². The van der Waals surface area contributed by atoms with Crippen molar-refractivity contribution in [3.63, 3.8) is 0 Å². The van der Waals surface area contributed by atoms with Gasteiger partial charge in [0.2, 0.25) is 0 Å². The molecule has 1 N–H and O–H groups in total. The Morgan fingerprint density at radius 3 is 2.41 bits per heavy atom. The third kappa shape index (κ3) is 3.74. The predicted molar refractivity (Wildman–Crippen MR) is 69.4 cm³/mol. The molecule has 0 aromatic heterocycles. The minimum atomic E-state index is -0.409. The summed E-state index contributed by atoms with van der Waals surface area (Å²) in [6.45, 7) is 2.10. The molecule has 0 bridgehead atoms. The molecule has 0 aliphatic heterocycles. The summed E-state index contributed by atoms with van der Waals surface area (Å²) in [5, 5.41) is 9.15. The van der Waals surface area contributed by atoms with Crippen LogP contribution in [0.1, 0.15) is 50.5 Å². The Morgan fingerprint density at radius 1 is 1.18 bits per heavy atom. The van der Waals surface area contributed by atoms with Gasteiger partial charge in [-0.2, -0.15) is 0 Å². The summed E-state index contributed by atoms with van der Waals surface area (Å²) < 4.78 is 5.46. The van der Waals surface area contributed by atoms with E-state index in [1.807, 2.05) is 12.1 Å². The first kappa shape index (κ1) is 12.4. The van der Waals surface area contributed by atoms with Gasteiger partial charge in [-0.25, -0.2) is 0 Å². The third-order valence-electron chi connectivity index (χ3n) is 3.45. The maximum Gasteiger partial charge on any atom is 0.119 e. The van der Waals surface area contributed by atoms with Gasteiger partial charge in [0.05, 0.1) is 6.10 Å². The molecular weight excluding hydrogens is 212 g/mol. The van der Waals surface area contributed by atoms with E-state index < -0.39 is 6.10 Å². The second-order valence-corrected chi connectivity index (χ2v) is 5.06. The van der Waals surface area contributed by atoms with Crippen molar-refractivity contribution in [3.8, 4) is 5.75 Å². The summed E-state index contributed by atoms with van der Waals surface area (Å²) in [7, 11) is 0. The molecular formula is C15H22O2. The van der Waals surface area contributed by atoms with Crippen LogP contribution in [0.4, 0.5) is 0 Å². The molecule has 0 unspecified atom stereocenters. The molecule has 1 aromatic rings. The highest BCUT2D eigenvalue weighted by atomic mass is 16.5. The summed E-state index contributed by atoms with van der Waals surface area (Å²) in [5.74, 6) is 1.60. The van der Waals surface area contributed by atoms with Crippen molar-refractivity contribution in [3.05, 3.63) is 29.8 Å². The van der Waals surface area contributed by atoms with Gasteiger partial charge in [0.15, 0.2) is 0 Å². The Hall–Kier alpha value is -1.02. The summed E-state index contributed by atoms with van der Waals surface area (Å²) >= 11 is 0. The zero-order chi connectivity index (χ0) is 12.1. The van der Waals surface area contributed by atoms with Crippen LogP contribution in [0.25, 0.3) is 0 Å². The molecule has 0 radical (unpaired) electrons. The van der Waals surface area contributed by atoms with E-state index >= 15 is 0 Å². The lowest BCUT2D eigenvalue weighted by atomic mass is 9.84. The number of aliphatic hydroxyl groups excluding tert-OH is 1. The van der Waals surface area contributed by atoms with Crippen LogP contribution in [0.3, 0.4) is 0 Å². The molecule has 0 heterocycles. The molecule has 0 amide bonds. The summed E-state index contributed by atoms with van der Waals surface area (Å²) in [5.41, 5.74) is 1.44. The molecule has 0 spiro atoms. The largest absolute Gasteiger partial charge is 0.491 e. The zero-order valence-corrected chi connectivity index (χ0v) is 10.6. The Balaban J connectivity index is 1.92. The lowest BCUT2D eigenvalue weighted by molar-refractivity contribution is 0.122. The standard InChI is InChI=1S/C15H22O2/c1-12(16)11-17-15-9-7-14(8-10-15)13-5-3-2-4-6-13/h7-10,12-13,16H,2-6,11H2,1H3/t12-/m0/s1. The van der Waals surface area contributed by atoms with E-state index in [0.717, 1.165) is 11.7 Å². The SMILES string of the molecule is C[C@H](O)COc1ccc(C2CCCCC2)cc1. The highest BCUT2D eigenvalue weighted by Gasteiger charge is 2.15. The van der Waals surface area contributed by atoms with E-state index in [4.69, 9.17) is 9.84 Å². The Bertz CT molecular complexity index is 323. The van der Waals surface area contributed by atoms with E-state index in [2.05, 4.69) is 12.1 Å². The number of ether oxygens (including phenoxy) is 1. The second kappa shape index (κ2) is 6.06. The van der Waals surface area contributed by atoms with Crippen LogP contribution in [0.5, 0.6) is 5.75 Å². The molecule has 0 saturated heterocycles. The lowest BCUT2D eigenvalue weighted by Gasteiger charge is -2.22. The van der Waals surface area contributed by atoms with Gasteiger partial charge in [0.1, 0.15) is 12.4 Å². The number of aliphatic hydroxyl groups is 1. The van der Waals surface area contributed by atoms with Crippen molar-refractivity contribution in [2.24, 2.45) is 0 Å². The second-order valence-electron chi connectivity index (χ2n) is 5.06. The third-order valence-corrected chi connectivity index (χ3v) is 3.45. The topological polar surface area (TPSA) is 29.5 Å². The van der Waals surface area contributed by atoms with Crippen molar-refractivity contribution < 1.29 is 9.84 Å². The van der Waals surface area contributed by atoms with E-state index in [0.29, 0.717) is 6.61 Å². The summed E-state index contributed by atoms with van der Waals surface area (Å²) in [6.07, 6.45) is 6.37. The molecule has 2 heteroatoms. The van der Waals surface area contributed by atoms with Crippen LogP contribution < -0.4 is 4.74 Å². The highest BCUT2D eigenvalue weighted by molar-refractivity contribution is 5.29. The maximum atomic E-state index is 9.15. The number of hydrogen-bond acceptors (Lipinski definition) is 2. The number of benzene rings is 1. The molecule has 1 aliphatic rings. The quantitative estimate of drug-likeness (QED) is 0.864. The first-order valence-electron chi connectivity index (χ1n) is 6.66. The van der Waals surface area contributed by atoms with E-state index in [9.17, 15) is 0 Å². The van der Waals surface area contributed by atoms with E-state index in [1.165, 1.54) is 37.7 Å². The first-order chi connectivity index (χ1) is 8.25. The van der Waals surface area contributed by atoms with Crippen LogP contribution in [0.2, 0.25) is 0 Å². The normalized spacial score (nSPS) is 18.9. The highest BCUT2D eigenvalue weighted by Crippen LogP contribution is 2.33. The van der Waals surface area contributed by atoms with Crippen molar-refractivity contribution in [1.82, 2.24) is 0 Å². The molecule has 1 aromatic carbocycles. The zero-order valence-electron chi connectivity index (χ0n) is 10.6. The molecule has 2 rings (SSSR count). The smallest absolute Gasteiger partial charge is 0.119 e. The van der Waals surface area contributed by atoms with Gasteiger partial charge in [0.25, 0.3) is 0 Å². The first-order valence-corrected chi connectivity index (χ1v) is 6.66. The monoisotopic (exact) mass is 234 g/mol. The Kier molecular flexibility index (Phi) is 4.43.